The van der Waals surface area contributed by atoms with Crippen LogP contribution in [0.25, 0.3) is 21.9 Å². The summed E-state index contributed by atoms with van der Waals surface area (Å²) < 4.78 is 6.77. The fourth-order valence-electron chi connectivity index (χ4n) is 15.7. The molecule has 14 rings (SSSR count). The van der Waals surface area contributed by atoms with E-state index in [1.165, 1.54) is 100 Å². The maximum Gasteiger partial charge on any atom is 0.252 e. The van der Waals surface area contributed by atoms with E-state index < -0.39 is 0 Å². The Morgan fingerprint density at radius 3 is 1.52 bits per heavy atom. The van der Waals surface area contributed by atoms with Gasteiger partial charge in [0.15, 0.2) is 0 Å². The number of furan rings is 1. The molecule has 4 aliphatic rings. The molecule has 0 saturated carbocycles. The van der Waals surface area contributed by atoms with Crippen molar-refractivity contribution in [3.05, 3.63) is 225 Å². The smallest absolute Gasteiger partial charge is 0.252 e. The fraction of sp³-hybridized carbons (Fsp3) is 0.299. The van der Waals surface area contributed by atoms with Crippen LogP contribution < -0.4 is 31.1 Å². The number of benzene rings is 9. The fourth-order valence-corrected chi connectivity index (χ4v) is 15.7. The molecule has 0 radical (unpaired) electrons. The van der Waals surface area contributed by atoms with Gasteiger partial charge in [0, 0.05) is 61.7 Å². The Balaban J connectivity index is 1.08. The second-order valence-corrected chi connectivity index (χ2v) is 29.1. The first-order chi connectivity index (χ1) is 38.7. The van der Waals surface area contributed by atoms with Crippen LogP contribution in [0, 0.1) is 13.8 Å². The molecule has 4 nitrogen and oxygen atoms in total. The van der Waals surface area contributed by atoms with Crippen molar-refractivity contribution in [2.75, 3.05) is 14.7 Å². The van der Waals surface area contributed by atoms with Gasteiger partial charge in [0.05, 0.1) is 11.1 Å². The molecule has 0 spiro atoms. The topological polar surface area (TPSA) is 22.9 Å². The SMILES string of the molecule is Cc1cc2c3c(c1)N(c1cccc4oc5ccccc5c14)c1cc(N(c4ccc(C(C)(C)C)cc4)c4ccc(C(C)(C)C)cc4)ccc1B3c1cc3c(cc1N2c1cc2c(cc1C)C(C)(C)c1ccccc1C2(C)C)C(C)(C)CC3(C)C. The van der Waals surface area contributed by atoms with E-state index in [9.17, 15) is 0 Å². The van der Waals surface area contributed by atoms with Gasteiger partial charge in [-0.2, -0.15) is 0 Å². The molecule has 0 unspecified atom stereocenters. The second-order valence-electron chi connectivity index (χ2n) is 29.1. The molecular weight excluding hydrogens is 994 g/mol. The van der Waals surface area contributed by atoms with E-state index in [1.807, 2.05) is 0 Å². The van der Waals surface area contributed by atoms with E-state index in [-0.39, 0.29) is 39.2 Å². The number of para-hydroxylation sites is 1. The number of anilines is 9. The van der Waals surface area contributed by atoms with Crippen molar-refractivity contribution in [2.24, 2.45) is 0 Å². The maximum absolute atomic E-state index is 6.77. The minimum Gasteiger partial charge on any atom is -0.456 e. The summed E-state index contributed by atoms with van der Waals surface area (Å²) in [5.41, 5.74) is 29.6. The highest BCUT2D eigenvalue weighted by atomic mass is 16.3. The summed E-state index contributed by atoms with van der Waals surface area (Å²) in [6, 6.07) is 65.7. The van der Waals surface area contributed by atoms with Gasteiger partial charge in [0.2, 0.25) is 0 Å². The maximum atomic E-state index is 6.77. The summed E-state index contributed by atoms with van der Waals surface area (Å²) in [6.07, 6.45) is 1.08. The van der Waals surface area contributed by atoms with Gasteiger partial charge in [0.1, 0.15) is 11.2 Å². The van der Waals surface area contributed by atoms with E-state index in [1.54, 1.807) is 0 Å². The lowest BCUT2D eigenvalue weighted by atomic mass is 9.33. The molecule has 0 amide bonds. The first-order valence-electron chi connectivity index (χ1n) is 30.0. The zero-order valence-electron chi connectivity index (χ0n) is 51.2. The molecule has 9 aromatic carbocycles. The van der Waals surface area contributed by atoms with Crippen molar-refractivity contribution in [1.82, 2.24) is 0 Å². The summed E-state index contributed by atoms with van der Waals surface area (Å²) in [5, 5.41) is 2.22. The van der Waals surface area contributed by atoms with Crippen LogP contribution in [0.4, 0.5) is 51.2 Å². The van der Waals surface area contributed by atoms with Crippen molar-refractivity contribution in [3.63, 3.8) is 0 Å². The molecule has 0 atom stereocenters. The van der Waals surface area contributed by atoms with Gasteiger partial charge in [-0.25, -0.2) is 0 Å². The largest absolute Gasteiger partial charge is 0.456 e. The Morgan fingerprint density at radius 2 is 0.927 bits per heavy atom. The Bertz CT molecular complexity index is 4250. The molecule has 2 aliphatic heterocycles. The van der Waals surface area contributed by atoms with Crippen molar-refractivity contribution in [3.8, 4) is 0 Å². The van der Waals surface area contributed by atoms with E-state index in [2.05, 4.69) is 295 Å². The van der Waals surface area contributed by atoms with E-state index in [0.29, 0.717) is 0 Å². The lowest BCUT2D eigenvalue weighted by Gasteiger charge is -2.47. The zero-order chi connectivity index (χ0) is 57.5. The van der Waals surface area contributed by atoms with Gasteiger partial charge < -0.3 is 19.1 Å². The number of nitrogens with zero attached hydrogens (tertiary/aromatic N) is 3. The Hall–Kier alpha value is -7.76. The first-order valence-corrected chi connectivity index (χ1v) is 30.0. The van der Waals surface area contributed by atoms with Gasteiger partial charge in [0.25, 0.3) is 6.71 Å². The van der Waals surface area contributed by atoms with Crippen molar-refractivity contribution >= 4 is 96.2 Å². The summed E-state index contributed by atoms with van der Waals surface area (Å²) in [5.74, 6) is 0. The van der Waals surface area contributed by atoms with Crippen LogP contribution in [0.2, 0.25) is 0 Å². The van der Waals surface area contributed by atoms with E-state index >= 15 is 0 Å². The summed E-state index contributed by atoms with van der Waals surface area (Å²) >= 11 is 0. The molecule has 82 heavy (non-hydrogen) atoms. The van der Waals surface area contributed by atoms with Gasteiger partial charge in [-0.1, -0.05) is 188 Å². The van der Waals surface area contributed by atoms with Crippen LogP contribution in [-0.2, 0) is 32.5 Å². The summed E-state index contributed by atoms with van der Waals surface area (Å²) in [4.78, 5) is 7.78. The number of aryl methyl sites for hydroxylation is 2. The average Bonchev–Trinajstić information content (AvgIpc) is 1.79. The van der Waals surface area contributed by atoms with Crippen LogP contribution in [0.15, 0.2) is 174 Å². The lowest BCUT2D eigenvalue weighted by molar-refractivity contribution is 0.403. The summed E-state index contributed by atoms with van der Waals surface area (Å²) in [7, 11) is 0. The normalized spacial score (nSPS) is 16.8. The molecule has 410 valence electrons. The van der Waals surface area contributed by atoms with Gasteiger partial charge in [-0.05, 0) is 193 Å². The monoisotopic (exact) mass is 1070 g/mol. The Morgan fingerprint density at radius 1 is 0.427 bits per heavy atom. The molecule has 2 aliphatic carbocycles. The molecule has 5 heteroatoms. The molecule has 1 aromatic heterocycles. The third-order valence-electron chi connectivity index (χ3n) is 19.7. The van der Waals surface area contributed by atoms with Gasteiger partial charge in [-0.15, -0.1) is 0 Å². The minimum atomic E-state index is -0.225. The van der Waals surface area contributed by atoms with Crippen molar-refractivity contribution < 1.29 is 4.42 Å². The predicted molar refractivity (Wildman–Crippen MR) is 351 cm³/mol. The number of fused-ring (bicyclic) bond motifs is 10. The molecule has 0 bridgehead atoms. The summed E-state index contributed by atoms with van der Waals surface area (Å²) in [6.45, 7) is 38.0. The molecule has 0 N–H and O–H groups in total. The average molecular weight is 1070 g/mol. The van der Waals surface area contributed by atoms with Crippen molar-refractivity contribution in [1.29, 1.82) is 0 Å². The minimum absolute atomic E-state index is 0.0138. The molecule has 3 heterocycles. The second kappa shape index (κ2) is 17.4. The van der Waals surface area contributed by atoms with Gasteiger partial charge in [-0.3, -0.25) is 0 Å². The third kappa shape index (κ3) is 7.63. The van der Waals surface area contributed by atoms with Crippen LogP contribution in [0.5, 0.6) is 0 Å². The van der Waals surface area contributed by atoms with Crippen molar-refractivity contribution in [2.45, 2.75) is 150 Å². The lowest BCUT2D eigenvalue weighted by Crippen LogP contribution is -2.61. The molecular formula is C77H78BN3O. The van der Waals surface area contributed by atoms with Crippen LogP contribution in [0.1, 0.15) is 159 Å². The number of rotatable bonds is 5. The highest BCUT2D eigenvalue weighted by molar-refractivity contribution is 7.00. The molecule has 10 aromatic rings. The molecule has 0 saturated heterocycles. The molecule has 0 fully saturated rings. The highest BCUT2D eigenvalue weighted by Crippen LogP contribution is 2.56. The van der Waals surface area contributed by atoms with E-state index in [0.717, 1.165) is 51.1 Å². The first kappa shape index (κ1) is 52.3. The van der Waals surface area contributed by atoms with Crippen LogP contribution >= 0.6 is 0 Å². The Labute approximate surface area is 487 Å². The highest BCUT2D eigenvalue weighted by Gasteiger charge is 2.50. The quantitative estimate of drug-likeness (QED) is 0.160. The zero-order valence-corrected chi connectivity index (χ0v) is 51.2. The van der Waals surface area contributed by atoms with Crippen LogP contribution in [0.3, 0.4) is 0 Å². The number of hydrogen-bond donors (Lipinski definition) is 0. The van der Waals surface area contributed by atoms with Gasteiger partial charge >= 0.3 is 0 Å². The van der Waals surface area contributed by atoms with Crippen LogP contribution in [-0.4, -0.2) is 6.71 Å². The standard InChI is InChI=1S/C77H78BN3O/c1-46-38-66-71-67(39-46)81(63-44-59-58(40-47(63)2)76(13,14)54-23-18-19-24-55(54)77(59,15)16)65-43-57-56(74(9,10)45-75(57,11)12)42-61(65)78(71)60-37-36-52(41-64(60)80(66)62-25-21-27-69-70(62)53-22-17-20-26-68(53)82-69)79(50-32-28-48(29-33-50)72(3,4)5)51-34-30-49(31-35-51)73(6,7)8/h17-44H,45H2,1-16H3. The third-order valence-corrected chi connectivity index (χ3v) is 19.7. The number of hydrogen-bond acceptors (Lipinski definition) is 4. The Kier molecular flexibility index (Phi) is 11.1. The predicted octanol–water partition coefficient (Wildman–Crippen LogP) is 19.3. The van der Waals surface area contributed by atoms with E-state index in [4.69, 9.17) is 4.42 Å².